The lowest BCUT2D eigenvalue weighted by Crippen LogP contribution is -1.96. The van der Waals surface area contributed by atoms with Gasteiger partial charge >= 0.3 is 0 Å². The average molecular weight is 248 g/mol. The number of hydrogen-bond acceptors (Lipinski definition) is 5. The van der Waals surface area contributed by atoms with Crippen LogP contribution in [0.3, 0.4) is 0 Å². The number of imidazole rings is 1. The van der Waals surface area contributed by atoms with Gasteiger partial charge in [-0.3, -0.25) is 20.2 Å². The summed E-state index contributed by atoms with van der Waals surface area (Å²) in [5.74, 6) is 0.314. The summed E-state index contributed by atoms with van der Waals surface area (Å²) in [5, 5.41) is 21.5. The highest BCUT2D eigenvalue weighted by atomic mass is 16.6. The SMILES string of the molecule is Cc1cnc(-c2ccc([N+](=O)[O-])cc2[N+](=O)[O-])[nH]1. The summed E-state index contributed by atoms with van der Waals surface area (Å²) in [6.07, 6.45) is 1.53. The third kappa shape index (κ3) is 2.03. The first-order valence-electron chi connectivity index (χ1n) is 4.94. The number of non-ortho nitro benzene ring substituents is 1. The molecule has 0 bridgehead atoms. The van der Waals surface area contributed by atoms with Gasteiger partial charge in [-0.1, -0.05) is 0 Å². The zero-order valence-corrected chi connectivity index (χ0v) is 9.28. The number of benzene rings is 1. The first-order chi connectivity index (χ1) is 8.49. The number of nitrogens with one attached hydrogen (secondary N) is 1. The third-order valence-electron chi connectivity index (χ3n) is 2.35. The molecule has 0 saturated heterocycles. The molecule has 1 aromatic heterocycles. The van der Waals surface area contributed by atoms with Gasteiger partial charge in [-0.15, -0.1) is 0 Å². The lowest BCUT2D eigenvalue weighted by molar-refractivity contribution is -0.393. The summed E-state index contributed by atoms with van der Waals surface area (Å²) >= 11 is 0. The Bertz CT molecular complexity index is 635. The molecular formula is C10H8N4O4. The summed E-state index contributed by atoms with van der Waals surface area (Å²) in [5.41, 5.74) is 0.295. The van der Waals surface area contributed by atoms with E-state index in [9.17, 15) is 20.2 Å². The van der Waals surface area contributed by atoms with E-state index in [-0.39, 0.29) is 16.9 Å². The van der Waals surface area contributed by atoms with Crippen molar-refractivity contribution in [3.05, 3.63) is 50.3 Å². The number of nitro benzene ring substituents is 2. The molecule has 1 N–H and O–H groups in total. The maximum atomic E-state index is 10.9. The van der Waals surface area contributed by atoms with Crippen LogP contribution in [0, 0.1) is 27.2 Å². The van der Waals surface area contributed by atoms with E-state index >= 15 is 0 Å². The summed E-state index contributed by atoms with van der Waals surface area (Å²) in [7, 11) is 0. The maximum absolute atomic E-state index is 10.9. The third-order valence-corrected chi connectivity index (χ3v) is 2.35. The standard InChI is InChI=1S/C10H8N4O4/c1-6-5-11-10(12-6)8-3-2-7(13(15)16)4-9(8)14(17)18/h2-5H,1H3,(H,11,12). The van der Waals surface area contributed by atoms with Gasteiger partial charge in [0.1, 0.15) is 5.82 Å². The quantitative estimate of drug-likeness (QED) is 0.660. The Kier molecular flexibility index (Phi) is 2.76. The van der Waals surface area contributed by atoms with Crippen molar-refractivity contribution in [1.82, 2.24) is 9.97 Å². The van der Waals surface area contributed by atoms with Gasteiger partial charge in [-0.2, -0.15) is 0 Å². The van der Waals surface area contributed by atoms with E-state index in [0.29, 0.717) is 5.82 Å². The topological polar surface area (TPSA) is 115 Å². The molecule has 0 unspecified atom stereocenters. The van der Waals surface area contributed by atoms with Crippen LogP contribution in [0.2, 0.25) is 0 Å². The molecule has 0 atom stereocenters. The van der Waals surface area contributed by atoms with Crippen LogP contribution in [-0.4, -0.2) is 19.8 Å². The van der Waals surface area contributed by atoms with Gasteiger partial charge in [0.15, 0.2) is 0 Å². The van der Waals surface area contributed by atoms with Gasteiger partial charge < -0.3 is 4.98 Å². The molecular weight excluding hydrogens is 240 g/mol. The van der Waals surface area contributed by atoms with Gasteiger partial charge in [-0.05, 0) is 13.0 Å². The van der Waals surface area contributed by atoms with Gasteiger partial charge in [0.05, 0.1) is 21.5 Å². The molecule has 2 aromatic rings. The van der Waals surface area contributed by atoms with Crippen molar-refractivity contribution in [2.24, 2.45) is 0 Å². The normalized spacial score (nSPS) is 10.3. The minimum absolute atomic E-state index is 0.221. The second kappa shape index (κ2) is 4.24. The van der Waals surface area contributed by atoms with Crippen LogP contribution < -0.4 is 0 Å². The molecule has 0 spiro atoms. The van der Waals surface area contributed by atoms with E-state index in [0.717, 1.165) is 11.8 Å². The van der Waals surface area contributed by atoms with Gasteiger partial charge in [0, 0.05) is 18.0 Å². The van der Waals surface area contributed by atoms with Gasteiger partial charge in [0.25, 0.3) is 11.4 Å². The molecule has 1 aromatic carbocycles. The predicted octanol–water partition coefficient (Wildman–Crippen LogP) is 2.20. The summed E-state index contributed by atoms with van der Waals surface area (Å²) in [6.45, 7) is 1.76. The van der Waals surface area contributed by atoms with Crippen LogP contribution in [0.5, 0.6) is 0 Å². The van der Waals surface area contributed by atoms with Crippen LogP contribution in [0.4, 0.5) is 11.4 Å². The molecule has 0 aliphatic rings. The Morgan fingerprint density at radius 2 is 1.94 bits per heavy atom. The van der Waals surface area contributed by atoms with Crippen LogP contribution in [-0.2, 0) is 0 Å². The summed E-state index contributed by atoms with van der Waals surface area (Å²) in [4.78, 5) is 27.0. The smallest absolute Gasteiger partial charge is 0.287 e. The molecule has 0 saturated carbocycles. The van der Waals surface area contributed by atoms with Gasteiger partial charge in [0.2, 0.25) is 0 Å². The first kappa shape index (κ1) is 11.7. The zero-order valence-electron chi connectivity index (χ0n) is 9.28. The number of H-pyrrole nitrogens is 1. The van der Waals surface area contributed by atoms with E-state index in [1.54, 1.807) is 6.92 Å². The molecule has 8 nitrogen and oxygen atoms in total. The van der Waals surface area contributed by atoms with Crippen molar-refractivity contribution in [1.29, 1.82) is 0 Å². The lowest BCUT2D eigenvalue weighted by atomic mass is 10.1. The fourth-order valence-electron chi connectivity index (χ4n) is 1.53. The van der Waals surface area contributed by atoms with Crippen LogP contribution >= 0.6 is 0 Å². The second-order valence-electron chi connectivity index (χ2n) is 3.63. The molecule has 92 valence electrons. The number of aryl methyl sites for hydroxylation is 1. The Morgan fingerprint density at radius 3 is 2.44 bits per heavy atom. The van der Waals surface area contributed by atoms with Crippen molar-refractivity contribution in [3.63, 3.8) is 0 Å². The Hall–Kier alpha value is -2.77. The number of nitrogens with zero attached hydrogens (tertiary/aromatic N) is 3. The number of hydrogen-bond donors (Lipinski definition) is 1. The van der Waals surface area contributed by atoms with E-state index in [4.69, 9.17) is 0 Å². The molecule has 0 fully saturated rings. The fourth-order valence-corrected chi connectivity index (χ4v) is 1.53. The van der Waals surface area contributed by atoms with E-state index in [2.05, 4.69) is 9.97 Å². The minimum Gasteiger partial charge on any atom is -0.342 e. The Labute approximate surface area is 101 Å². The van der Waals surface area contributed by atoms with E-state index in [1.165, 1.54) is 18.3 Å². The molecule has 0 radical (unpaired) electrons. The lowest BCUT2D eigenvalue weighted by Gasteiger charge is -1.99. The van der Waals surface area contributed by atoms with Gasteiger partial charge in [-0.25, -0.2) is 4.98 Å². The molecule has 18 heavy (non-hydrogen) atoms. The van der Waals surface area contributed by atoms with Crippen molar-refractivity contribution in [2.45, 2.75) is 6.92 Å². The van der Waals surface area contributed by atoms with Crippen molar-refractivity contribution >= 4 is 11.4 Å². The van der Waals surface area contributed by atoms with Crippen LogP contribution in [0.25, 0.3) is 11.4 Å². The molecule has 0 amide bonds. The Balaban J connectivity index is 2.60. The van der Waals surface area contributed by atoms with Crippen molar-refractivity contribution in [2.75, 3.05) is 0 Å². The fraction of sp³-hybridized carbons (Fsp3) is 0.100. The zero-order chi connectivity index (χ0) is 13.3. The molecule has 0 aliphatic carbocycles. The van der Waals surface area contributed by atoms with Crippen LogP contribution in [0.1, 0.15) is 5.69 Å². The second-order valence-corrected chi connectivity index (χ2v) is 3.63. The number of aromatic nitrogens is 2. The van der Waals surface area contributed by atoms with Crippen molar-refractivity contribution < 1.29 is 9.85 Å². The number of rotatable bonds is 3. The highest BCUT2D eigenvalue weighted by Crippen LogP contribution is 2.31. The van der Waals surface area contributed by atoms with E-state index < -0.39 is 9.85 Å². The minimum atomic E-state index is -0.676. The van der Waals surface area contributed by atoms with Crippen molar-refractivity contribution in [3.8, 4) is 11.4 Å². The Morgan fingerprint density at radius 1 is 1.22 bits per heavy atom. The molecule has 8 heteroatoms. The summed E-state index contributed by atoms with van der Waals surface area (Å²) < 4.78 is 0. The largest absolute Gasteiger partial charge is 0.342 e. The maximum Gasteiger partial charge on any atom is 0.287 e. The average Bonchev–Trinajstić information content (AvgIpc) is 2.74. The molecule has 0 aliphatic heterocycles. The number of nitro groups is 2. The number of aromatic amines is 1. The highest BCUT2D eigenvalue weighted by molar-refractivity contribution is 5.70. The van der Waals surface area contributed by atoms with E-state index in [1.807, 2.05) is 0 Å². The highest BCUT2D eigenvalue weighted by Gasteiger charge is 2.21. The molecule has 1 heterocycles. The molecule has 2 rings (SSSR count). The van der Waals surface area contributed by atoms with Crippen LogP contribution in [0.15, 0.2) is 24.4 Å². The first-order valence-corrected chi connectivity index (χ1v) is 4.94. The summed E-state index contributed by atoms with van der Waals surface area (Å²) in [6, 6.07) is 3.45. The predicted molar refractivity (Wildman–Crippen MR) is 62.1 cm³/mol. The monoisotopic (exact) mass is 248 g/mol.